The molecule has 0 radical (unpaired) electrons. The van der Waals surface area contributed by atoms with Gasteiger partial charge in [0.25, 0.3) is 0 Å². The number of aliphatic hydroxyl groups excluding tert-OH is 1. The first kappa shape index (κ1) is 12.2. The van der Waals surface area contributed by atoms with Gasteiger partial charge in [0.05, 0.1) is 18.1 Å². The summed E-state index contributed by atoms with van der Waals surface area (Å²) in [7, 11) is 1.67. The standard InChI is InChI=1S/C11H14BrNO2S/c1-15-10-3-2-8(12)6-11(10)16-13-5-4-9(14)7-13/h2-3,6,9,14H,4-5,7H2,1H3. The molecule has 1 aliphatic heterocycles. The molecule has 1 saturated heterocycles. The van der Waals surface area contributed by atoms with E-state index in [0.717, 1.165) is 34.6 Å². The van der Waals surface area contributed by atoms with Crippen LogP contribution in [0.4, 0.5) is 0 Å². The molecule has 0 bridgehead atoms. The second-order valence-corrected chi connectivity index (χ2v) is 5.77. The van der Waals surface area contributed by atoms with Crippen molar-refractivity contribution in [2.75, 3.05) is 20.2 Å². The number of β-amino-alcohol motifs (C(OH)–C–C–N with tert-alkyl or cyclic N) is 1. The fraction of sp³-hybridized carbons (Fsp3) is 0.455. The molecule has 1 aliphatic rings. The largest absolute Gasteiger partial charge is 0.496 e. The van der Waals surface area contributed by atoms with Crippen LogP contribution in [0.1, 0.15) is 6.42 Å². The van der Waals surface area contributed by atoms with Crippen LogP contribution in [0.5, 0.6) is 5.75 Å². The Balaban J connectivity index is 2.10. The molecular weight excluding hydrogens is 290 g/mol. The number of rotatable bonds is 3. The average Bonchev–Trinajstić information content (AvgIpc) is 2.64. The zero-order valence-electron chi connectivity index (χ0n) is 9.02. The van der Waals surface area contributed by atoms with Crippen LogP contribution >= 0.6 is 27.9 Å². The summed E-state index contributed by atoms with van der Waals surface area (Å²) in [5, 5.41) is 9.46. The third-order valence-corrected chi connectivity index (χ3v) is 4.08. The van der Waals surface area contributed by atoms with Gasteiger partial charge in [0.1, 0.15) is 5.75 Å². The van der Waals surface area contributed by atoms with Crippen LogP contribution in [0.3, 0.4) is 0 Å². The molecule has 1 fully saturated rings. The van der Waals surface area contributed by atoms with Gasteiger partial charge in [-0.3, -0.25) is 0 Å². The predicted molar refractivity (Wildman–Crippen MR) is 68.7 cm³/mol. The Hall–Kier alpha value is -0.230. The van der Waals surface area contributed by atoms with Gasteiger partial charge < -0.3 is 9.84 Å². The molecular formula is C11H14BrNO2S. The molecule has 1 N–H and O–H groups in total. The van der Waals surface area contributed by atoms with Crippen molar-refractivity contribution in [3.05, 3.63) is 22.7 Å². The molecule has 1 unspecified atom stereocenters. The number of halogens is 1. The molecule has 1 aromatic rings. The quantitative estimate of drug-likeness (QED) is 0.870. The van der Waals surface area contributed by atoms with Gasteiger partial charge >= 0.3 is 0 Å². The Bertz CT molecular complexity index is 375. The maximum absolute atomic E-state index is 9.46. The molecule has 5 heteroatoms. The summed E-state index contributed by atoms with van der Waals surface area (Å²) in [6.45, 7) is 1.64. The van der Waals surface area contributed by atoms with E-state index in [2.05, 4.69) is 20.2 Å². The van der Waals surface area contributed by atoms with E-state index < -0.39 is 0 Å². The number of nitrogens with zero attached hydrogens (tertiary/aromatic N) is 1. The maximum Gasteiger partial charge on any atom is 0.133 e. The van der Waals surface area contributed by atoms with Crippen LogP contribution in [0, 0.1) is 0 Å². The van der Waals surface area contributed by atoms with Crippen molar-refractivity contribution in [1.82, 2.24) is 4.31 Å². The smallest absolute Gasteiger partial charge is 0.133 e. The minimum Gasteiger partial charge on any atom is -0.496 e. The Morgan fingerprint density at radius 2 is 2.38 bits per heavy atom. The predicted octanol–water partition coefficient (Wildman–Crippen LogP) is 2.53. The minimum atomic E-state index is -0.189. The van der Waals surface area contributed by atoms with Crippen molar-refractivity contribution in [2.24, 2.45) is 0 Å². The summed E-state index contributed by atoms with van der Waals surface area (Å²) >= 11 is 5.09. The van der Waals surface area contributed by atoms with E-state index in [1.54, 1.807) is 19.1 Å². The molecule has 3 nitrogen and oxygen atoms in total. The van der Waals surface area contributed by atoms with Crippen molar-refractivity contribution in [2.45, 2.75) is 17.4 Å². The van der Waals surface area contributed by atoms with Gasteiger partial charge in [-0.15, -0.1) is 0 Å². The van der Waals surface area contributed by atoms with Gasteiger partial charge in [0.15, 0.2) is 0 Å². The molecule has 0 aromatic heterocycles. The molecule has 0 saturated carbocycles. The maximum atomic E-state index is 9.46. The normalized spacial score (nSPS) is 21.3. The molecule has 88 valence electrons. The highest BCUT2D eigenvalue weighted by Crippen LogP contribution is 2.35. The van der Waals surface area contributed by atoms with Crippen molar-refractivity contribution in [1.29, 1.82) is 0 Å². The molecule has 1 atom stereocenters. The zero-order valence-corrected chi connectivity index (χ0v) is 11.4. The molecule has 1 heterocycles. The van der Waals surface area contributed by atoms with E-state index in [9.17, 15) is 5.11 Å². The molecule has 1 aromatic carbocycles. The fourth-order valence-corrected chi connectivity index (χ4v) is 3.31. The Kier molecular flexibility index (Phi) is 4.13. The first-order chi connectivity index (χ1) is 7.69. The highest BCUT2D eigenvalue weighted by atomic mass is 79.9. The average molecular weight is 304 g/mol. The number of ether oxygens (including phenoxy) is 1. The van der Waals surface area contributed by atoms with E-state index >= 15 is 0 Å². The lowest BCUT2D eigenvalue weighted by Gasteiger charge is -2.15. The Morgan fingerprint density at radius 1 is 1.56 bits per heavy atom. The number of hydrogen-bond acceptors (Lipinski definition) is 4. The van der Waals surface area contributed by atoms with Crippen LogP contribution in [-0.4, -0.2) is 35.7 Å². The van der Waals surface area contributed by atoms with Crippen molar-refractivity contribution >= 4 is 27.9 Å². The van der Waals surface area contributed by atoms with Crippen LogP contribution in [-0.2, 0) is 0 Å². The summed E-state index contributed by atoms with van der Waals surface area (Å²) < 4.78 is 8.51. The minimum absolute atomic E-state index is 0.189. The summed E-state index contributed by atoms with van der Waals surface area (Å²) in [4.78, 5) is 1.07. The molecule has 0 aliphatic carbocycles. The lowest BCUT2D eigenvalue weighted by molar-refractivity contribution is 0.190. The third-order valence-electron chi connectivity index (χ3n) is 2.48. The Morgan fingerprint density at radius 3 is 3.00 bits per heavy atom. The molecule has 16 heavy (non-hydrogen) atoms. The SMILES string of the molecule is COc1ccc(Br)cc1SN1CCC(O)C1. The van der Waals surface area contributed by atoms with Gasteiger partial charge in [-0.1, -0.05) is 15.9 Å². The van der Waals surface area contributed by atoms with Crippen molar-refractivity contribution in [3.63, 3.8) is 0 Å². The lowest BCUT2D eigenvalue weighted by Crippen LogP contribution is -2.14. The van der Waals surface area contributed by atoms with Crippen molar-refractivity contribution in [3.8, 4) is 5.75 Å². The van der Waals surface area contributed by atoms with Gasteiger partial charge in [0, 0.05) is 17.6 Å². The zero-order chi connectivity index (χ0) is 11.5. The highest BCUT2D eigenvalue weighted by Gasteiger charge is 2.22. The first-order valence-electron chi connectivity index (χ1n) is 5.13. The van der Waals surface area contributed by atoms with Gasteiger partial charge in [-0.25, -0.2) is 4.31 Å². The van der Waals surface area contributed by atoms with Crippen LogP contribution in [0.15, 0.2) is 27.6 Å². The van der Waals surface area contributed by atoms with Crippen molar-refractivity contribution < 1.29 is 9.84 Å². The van der Waals surface area contributed by atoms with E-state index in [-0.39, 0.29) is 6.10 Å². The van der Waals surface area contributed by atoms with E-state index in [0.29, 0.717) is 0 Å². The van der Waals surface area contributed by atoms with E-state index in [4.69, 9.17) is 4.74 Å². The molecule has 0 spiro atoms. The lowest BCUT2D eigenvalue weighted by atomic mass is 10.3. The summed E-state index contributed by atoms with van der Waals surface area (Å²) in [5.41, 5.74) is 0. The Labute approximate surface area is 108 Å². The molecule has 0 amide bonds. The fourth-order valence-electron chi connectivity index (χ4n) is 1.65. The monoisotopic (exact) mass is 303 g/mol. The second-order valence-electron chi connectivity index (χ2n) is 3.72. The van der Waals surface area contributed by atoms with E-state index in [1.165, 1.54) is 0 Å². The number of hydrogen-bond donors (Lipinski definition) is 1. The molecule has 2 rings (SSSR count). The first-order valence-corrected chi connectivity index (χ1v) is 6.70. The number of aliphatic hydroxyl groups is 1. The highest BCUT2D eigenvalue weighted by molar-refractivity contribution is 9.10. The van der Waals surface area contributed by atoms with Crippen LogP contribution < -0.4 is 4.74 Å². The second kappa shape index (κ2) is 5.40. The van der Waals surface area contributed by atoms with Crippen LogP contribution in [0.25, 0.3) is 0 Å². The number of methoxy groups -OCH3 is 1. The van der Waals surface area contributed by atoms with E-state index in [1.807, 2.05) is 18.2 Å². The third kappa shape index (κ3) is 2.91. The topological polar surface area (TPSA) is 32.7 Å². The summed E-state index contributed by atoms with van der Waals surface area (Å²) in [6.07, 6.45) is 0.661. The van der Waals surface area contributed by atoms with Crippen LogP contribution in [0.2, 0.25) is 0 Å². The summed E-state index contributed by atoms with van der Waals surface area (Å²) in [5.74, 6) is 0.870. The number of benzene rings is 1. The van der Waals surface area contributed by atoms with Gasteiger partial charge in [0.2, 0.25) is 0 Å². The van der Waals surface area contributed by atoms with Gasteiger partial charge in [-0.05, 0) is 36.6 Å². The van der Waals surface area contributed by atoms with Gasteiger partial charge in [-0.2, -0.15) is 0 Å². The summed E-state index contributed by atoms with van der Waals surface area (Å²) in [6, 6.07) is 5.94.